The zero-order valence-corrected chi connectivity index (χ0v) is 18.2. The SMILES string of the molecule is O=C(Nc1c(C(=O)N2CCOCC2)oc2ccccc12)c1ccc(CN2CCCC2=O)cc1. The fraction of sp³-hybridized carbons (Fsp3) is 0.320. The van der Waals surface area contributed by atoms with Gasteiger partial charge in [0.05, 0.1) is 13.2 Å². The number of nitrogens with one attached hydrogen (secondary N) is 1. The van der Waals surface area contributed by atoms with E-state index >= 15 is 0 Å². The third-order valence-corrected chi connectivity index (χ3v) is 6.09. The summed E-state index contributed by atoms with van der Waals surface area (Å²) in [5.41, 5.74) is 2.34. The second kappa shape index (κ2) is 9.07. The van der Waals surface area contributed by atoms with E-state index in [1.54, 1.807) is 23.1 Å². The van der Waals surface area contributed by atoms with Crippen molar-refractivity contribution in [1.82, 2.24) is 9.80 Å². The number of carbonyl (C=O) groups is 3. The van der Waals surface area contributed by atoms with Crippen LogP contribution in [0.1, 0.15) is 39.3 Å². The standard InChI is InChI=1S/C25H25N3O5/c29-21-6-3-11-28(21)16-17-7-9-18(10-8-17)24(30)26-22-19-4-1-2-5-20(19)33-23(22)25(31)27-12-14-32-15-13-27/h1-2,4-5,7-10H,3,6,11-16H2,(H,26,30). The van der Waals surface area contributed by atoms with E-state index in [1.807, 2.05) is 35.2 Å². The average Bonchev–Trinajstić information content (AvgIpc) is 3.43. The van der Waals surface area contributed by atoms with Gasteiger partial charge in [-0.15, -0.1) is 0 Å². The Hall–Kier alpha value is -3.65. The first-order chi connectivity index (χ1) is 16.1. The van der Waals surface area contributed by atoms with E-state index in [-0.39, 0.29) is 23.5 Å². The van der Waals surface area contributed by atoms with Gasteiger partial charge in [0.15, 0.2) is 0 Å². The van der Waals surface area contributed by atoms with Crippen molar-refractivity contribution >= 4 is 34.4 Å². The molecule has 2 aromatic carbocycles. The van der Waals surface area contributed by atoms with Gasteiger partial charge in [-0.1, -0.05) is 24.3 Å². The maximum absolute atomic E-state index is 13.1. The smallest absolute Gasteiger partial charge is 0.291 e. The summed E-state index contributed by atoms with van der Waals surface area (Å²) in [6.07, 6.45) is 1.49. The van der Waals surface area contributed by atoms with Crippen LogP contribution in [0.15, 0.2) is 52.9 Å². The summed E-state index contributed by atoms with van der Waals surface area (Å²) in [6, 6.07) is 14.4. The van der Waals surface area contributed by atoms with Crippen LogP contribution >= 0.6 is 0 Å². The maximum Gasteiger partial charge on any atom is 0.291 e. The highest BCUT2D eigenvalue weighted by molar-refractivity contribution is 6.14. The summed E-state index contributed by atoms with van der Waals surface area (Å²) in [5, 5.41) is 3.57. The van der Waals surface area contributed by atoms with E-state index in [0.717, 1.165) is 18.5 Å². The van der Waals surface area contributed by atoms with Crippen LogP contribution in [0.3, 0.4) is 0 Å². The molecule has 8 nitrogen and oxygen atoms in total. The zero-order chi connectivity index (χ0) is 22.8. The molecule has 2 aliphatic heterocycles. The van der Waals surface area contributed by atoms with Gasteiger partial charge >= 0.3 is 0 Å². The number of amides is 3. The molecular weight excluding hydrogens is 422 g/mol. The molecule has 170 valence electrons. The first-order valence-electron chi connectivity index (χ1n) is 11.2. The molecule has 2 fully saturated rings. The molecule has 2 saturated heterocycles. The van der Waals surface area contributed by atoms with E-state index in [1.165, 1.54) is 0 Å². The van der Waals surface area contributed by atoms with Gasteiger partial charge in [0.1, 0.15) is 11.3 Å². The second-order valence-corrected chi connectivity index (χ2v) is 8.28. The third kappa shape index (κ3) is 4.34. The minimum atomic E-state index is -0.332. The van der Waals surface area contributed by atoms with Gasteiger partial charge < -0.3 is 24.3 Å². The Morgan fingerprint density at radius 3 is 2.45 bits per heavy atom. The molecule has 0 saturated carbocycles. The quantitative estimate of drug-likeness (QED) is 0.648. The van der Waals surface area contributed by atoms with Crippen molar-refractivity contribution in [3.63, 3.8) is 0 Å². The van der Waals surface area contributed by atoms with E-state index < -0.39 is 0 Å². The lowest BCUT2D eigenvalue weighted by Gasteiger charge is -2.26. The van der Waals surface area contributed by atoms with Gasteiger partial charge in [-0.25, -0.2) is 0 Å². The molecule has 0 radical (unpaired) electrons. The number of morpholine rings is 1. The van der Waals surface area contributed by atoms with Crippen LogP contribution < -0.4 is 5.32 Å². The molecule has 0 spiro atoms. The summed E-state index contributed by atoms with van der Waals surface area (Å²) in [6.45, 7) is 3.22. The number of furan rings is 1. The Labute approximate surface area is 191 Å². The summed E-state index contributed by atoms with van der Waals surface area (Å²) in [4.78, 5) is 41.5. The van der Waals surface area contributed by atoms with Crippen molar-refractivity contribution in [3.05, 3.63) is 65.4 Å². The first kappa shape index (κ1) is 21.2. The van der Waals surface area contributed by atoms with E-state index in [9.17, 15) is 14.4 Å². The number of benzene rings is 2. The molecule has 0 unspecified atom stereocenters. The first-order valence-corrected chi connectivity index (χ1v) is 11.2. The topological polar surface area (TPSA) is 92.1 Å². The number of carbonyl (C=O) groups excluding carboxylic acids is 3. The third-order valence-electron chi connectivity index (χ3n) is 6.09. The molecule has 0 bridgehead atoms. The minimum Gasteiger partial charge on any atom is -0.449 e. The van der Waals surface area contributed by atoms with Crippen LogP contribution in [0.25, 0.3) is 11.0 Å². The number of para-hydroxylation sites is 1. The van der Waals surface area contributed by atoms with Crippen LogP contribution in [0, 0.1) is 0 Å². The van der Waals surface area contributed by atoms with Gasteiger partial charge in [-0.3, -0.25) is 14.4 Å². The number of likely N-dealkylation sites (tertiary alicyclic amines) is 1. The van der Waals surface area contributed by atoms with E-state index in [0.29, 0.717) is 61.5 Å². The van der Waals surface area contributed by atoms with Crippen LogP contribution in [-0.4, -0.2) is 60.4 Å². The van der Waals surface area contributed by atoms with Crippen LogP contribution in [-0.2, 0) is 16.1 Å². The predicted octanol–water partition coefficient (Wildman–Crippen LogP) is 3.28. The monoisotopic (exact) mass is 447 g/mol. The lowest BCUT2D eigenvalue weighted by atomic mass is 10.1. The second-order valence-electron chi connectivity index (χ2n) is 8.28. The molecule has 0 aliphatic carbocycles. The molecule has 3 amide bonds. The minimum absolute atomic E-state index is 0.121. The number of fused-ring (bicyclic) bond motifs is 1. The molecule has 1 aromatic heterocycles. The summed E-state index contributed by atoms with van der Waals surface area (Å²) >= 11 is 0. The van der Waals surface area contributed by atoms with E-state index in [2.05, 4.69) is 5.32 Å². The molecule has 2 aliphatic rings. The fourth-order valence-corrected chi connectivity index (χ4v) is 4.27. The summed E-state index contributed by atoms with van der Waals surface area (Å²) < 4.78 is 11.2. The average molecular weight is 447 g/mol. The maximum atomic E-state index is 13.1. The molecule has 33 heavy (non-hydrogen) atoms. The van der Waals surface area contributed by atoms with Crippen LogP contribution in [0.2, 0.25) is 0 Å². The Morgan fingerprint density at radius 1 is 0.970 bits per heavy atom. The highest BCUT2D eigenvalue weighted by Crippen LogP contribution is 2.32. The molecule has 1 N–H and O–H groups in total. The van der Waals surface area contributed by atoms with Gasteiger partial charge in [0, 0.05) is 43.5 Å². The number of hydrogen-bond acceptors (Lipinski definition) is 5. The molecule has 0 atom stereocenters. The zero-order valence-electron chi connectivity index (χ0n) is 18.2. The van der Waals surface area contributed by atoms with E-state index in [4.69, 9.17) is 9.15 Å². The largest absolute Gasteiger partial charge is 0.449 e. The summed E-state index contributed by atoms with van der Waals surface area (Å²) in [7, 11) is 0. The van der Waals surface area contributed by atoms with Gasteiger partial charge in [0.2, 0.25) is 11.7 Å². The van der Waals surface area contributed by atoms with Crippen molar-refractivity contribution in [2.45, 2.75) is 19.4 Å². The normalized spacial score (nSPS) is 16.4. The highest BCUT2D eigenvalue weighted by atomic mass is 16.5. The fourth-order valence-electron chi connectivity index (χ4n) is 4.27. The lowest BCUT2D eigenvalue weighted by molar-refractivity contribution is -0.128. The van der Waals surface area contributed by atoms with Gasteiger partial charge in [0.25, 0.3) is 11.8 Å². The Kier molecular flexibility index (Phi) is 5.83. The summed E-state index contributed by atoms with van der Waals surface area (Å²) in [5.74, 6) is -0.312. The van der Waals surface area contributed by atoms with Crippen LogP contribution in [0.5, 0.6) is 0 Å². The molecular formula is C25H25N3O5. The van der Waals surface area contributed by atoms with Crippen molar-refractivity contribution < 1.29 is 23.5 Å². The van der Waals surface area contributed by atoms with Gasteiger partial charge in [-0.2, -0.15) is 0 Å². The number of ether oxygens (including phenoxy) is 1. The van der Waals surface area contributed by atoms with Crippen molar-refractivity contribution in [2.75, 3.05) is 38.2 Å². The van der Waals surface area contributed by atoms with Gasteiger partial charge in [-0.05, 0) is 36.2 Å². The Morgan fingerprint density at radius 2 is 1.73 bits per heavy atom. The Bertz CT molecular complexity index is 1190. The number of hydrogen-bond donors (Lipinski definition) is 1. The number of nitrogens with zero attached hydrogens (tertiary/aromatic N) is 2. The Balaban J connectivity index is 1.37. The number of anilines is 1. The highest BCUT2D eigenvalue weighted by Gasteiger charge is 2.28. The van der Waals surface area contributed by atoms with Crippen LogP contribution in [0.4, 0.5) is 5.69 Å². The number of rotatable bonds is 5. The molecule has 3 heterocycles. The lowest BCUT2D eigenvalue weighted by Crippen LogP contribution is -2.40. The predicted molar refractivity (Wildman–Crippen MR) is 122 cm³/mol. The molecule has 8 heteroatoms. The van der Waals surface area contributed by atoms with Crippen molar-refractivity contribution in [2.24, 2.45) is 0 Å². The molecule has 3 aromatic rings. The van der Waals surface area contributed by atoms with Crippen molar-refractivity contribution in [3.8, 4) is 0 Å². The molecule has 5 rings (SSSR count). The van der Waals surface area contributed by atoms with Crippen molar-refractivity contribution in [1.29, 1.82) is 0 Å².